The van der Waals surface area contributed by atoms with Crippen LogP contribution in [0.5, 0.6) is 11.5 Å². The highest BCUT2D eigenvalue weighted by Crippen LogP contribution is 2.54. The number of nitrogens with zero attached hydrogens (tertiary/aromatic N) is 2. The summed E-state index contributed by atoms with van der Waals surface area (Å²) in [6.07, 6.45) is 2.38. The molecule has 0 unspecified atom stereocenters. The first kappa shape index (κ1) is 17.6. The van der Waals surface area contributed by atoms with Gasteiger partial charge in [-0.25, -0.2) is 5.01 Å². The van der Waals surface area contributed by atoms with E-state index in [1.807, 2.05) is 18.2 Å². The molecule has 0 saturated carbocycles. The first-order chi connectivity index (χ1) is 13.5. The van der Waals surface area contributed by atoms with E-state index in [1.54, 1.807) is 7.11 Å². The zero-order valence-corrected chi connectivity index (χ0v) is 16.6. The highest BCUT2D eigenvalue weighted by atomic mass is 16.6. The van der Waals surface area contributed by atoms with Crippen LogP contribution in [0.15, 0.2) is 53.6 Å². The molecule has 3 aliphatic heterocycles. The van der Waals surface area contributed by atoms with Gasteiger partial charge < -0.3 is 14.2 Å². The lowest BCUT2D eigenvalue weighted by Crippen LogP contribution is -2.60. The molecule has 0 radical (unpaired) electrons. The third-order valence-electron chi connectivity index (χ3n) is 6.00. The summed E-state index contributed by atoms with van der Waals surface area (Å²) in [6, 6.07) is 16.7. The summed E-state index contributed by atoms with van der Waals surface area (Å²) in [4.78, 5) is 0. The Balaban J connectivity index is 1.64. The van der Waals surface area contributed by atoms with E-state index >= 15 is 0 Å². The number of hydrazone groups is 1. The monoisotopic (exact) mass is 378 g/mol. The maximum absolute atomic E-state index is 6.73. The van der Waals surface area contributed by atoms with Crippen LogP contribution in [0.4, 0.5) is 0 Å². The Labute approximate surface area is 165 Å². The first-order valence-electron chi connectivity index (χ1n) is 9.93. The summed E-state index contributed by atoms with van der Waals surface area (Å²) in [6.45, 7) is 4.90. The van der Waals surface area contributed by atoms with Gasteiger partial charge in [-0.15, -0.1) is 0 Å². The highest BCUT2D eigenvalue weighted by molar-refractivity contribution is 6.02. The van der Waals surface area contributed by atoms with Gasteiger partial charge in [0, 0.05) is 24.8 Å². The Hall–Kier alpha value is -2.53. The Bertz CT molecular complexity index is 925. The summed E-state index contributed by atoms with van der Waals surface area (Å²) in [5, 5.41) is 7.32. The molecule has 1 spiro atoms. The summed E-state index contributed by atoms with van der Waals surface area (Å²) in [7, 11) is 1.70. The zero-order valence-electron chi connectivity index (χ0n) is 16.6. The van der Waals surface area contributed by atoms with Crippen molar-refractivity contribution in [1.82, 2.24) is 5.01 Å². The minimum atomic E-state index is -0.523. The molecule has 1 saturated heterocycles. The van der Waals surface area contributed by atoms with Crippen molar-refractivity contribution >= 4 is 5.71 Å². The van der Waals surface area contributed by atoms with Crippen molar-refractivity contribution in [3.05, 3.63) is 59.7 Å². The van der Waals surface area contributed by atoms with Gasteiger partial charge >= 0.3 is 0 Å². The molecule has 2 atom stereocenters. The Kier molecular flexibility index (Phi) is 3.91. The fraction of sp³-hybridized carbons (Fsp3) is 0.435. The number of para-hydroxylation sites is 1. The van der Waals surface area contributed by atoms with Crippen molar-refractivity contribution < 1.29 is 14.2 Å². The van der Waals surface area contributed by atoms with Gasteiger partial charge in [-0.05, 0) is 25.5 Å². The molecule has 3 heterocycles. The standard InChI is InChI=1S/C23H26N2O3/c1-22(2)15-23(12-13-27-22)25-19(14-18(24-25)16-8-5-4-6-9-16)17-10-7-11-20(26-3)21(17)28-23/h4-11,19H,12-15H2,1-3H3/t19-,23-/m0/s1. The van der Waals surface area contributed by atoms with Crippen molar-refractivity contribution in [2.75, 3.05) is 13.7 Å². The minimum absolute atomic E-state index is 0.142. The van der Waals surface area contributed by atoms with Gasteiger partial charge in [0.1, 0.15) is 0 Å². The number of fused-ring (bicyclic) bond motifs is 4. The zero-order chi connectivity index (χ0) is 19.4. The van der Waals surface area contributed by atoms with E-state index in [1.165, 1.54) is 5.56 Å². The van der Waals surface area contributed by atoms with E-state index in [-0.39, 0.29) is 11.6 Å². The molecular formula is C23H26N2O3. The summed E-state index contributed by atoms with van der Waals surface area (Å²) in [5.74, 6) is 1.64. The molecule has 28 heavy (non-hydrogen) atoms. The lowest BCUT2D eigenvalue weighted by atomic mass is 9.86. The fourth-order valence-electron chi connectivity index (χ4n) is 4.81. The lowest BCUT2D eigenvalue weighted by Gasteiger charge is -2.52. The highest BCUT2D eigenvalue weighted by Gasteiger charge is 2.55. The number of ether oxygens (including phenoxy) is 3. The maximum atomic E-state index is 6.73. The van der Waals surface area contributed by atoms with Crippen LogP contribution < -0.4 is 9.47 Å². The second kappa shape index (κ2) is 6.24. The molecule has 3 aliphatic rings. The molecule has 0 aliphatic carbocycles. The van der Waals surface area contributed by atoms with Crippen molar-refractivity contribution in [3.8, 4) is 11.5 Å². The van der Waals surface area contributed by atoms with Crippen LogP contribution in [-0.2, 0) is 4.74 Å². The predicted molar refractivity (Wildman–Crippen MR) is 108 cm³/mol. The number of hydrogen-bond acceptors (Lipinski definition) is 5. The number of benzene rings is 2. The number of methoxy groups -OCH3 is 1. The molecule has 2 aromatic rings. The van der Waals surface area contributed by atoms with Crippen LogP contribution in [0.25, 0.3) is 0 Å². The molecule has 0 bridgehead atoms. The van der Waals surface area contributed by atoms with Gasteiger partial charge in [-0.2, -0.15) is 5.10 Å². The van der Waals surface area contributed by atoms with Gasteiger partial charge in [-0.3, -0.25) is 0 Å². The second-order valence-electron chi connectivity index (χ2n) is 8.44. The topological polar surface area (TPSA) is 43.3 Å². The molecular weight excluding hydrogens is 352 g/mol. The Morgan fingerprint density at radius 2 is 1.93 bits per heavy atom. The summed E-state index contributed by atoms with van der Waals surface area (Å²) in [5.41, 5.74) is 2.62. The van der Waals surface area contributed by atoms with E-state index in [0.717, 1.165) is 42.0 Å². The largest absolute Gasteiger partial charge is 0.493 e. The predicted octanol–water partition coefficient (Wildman–Crippen LogP) is 4.52. The summed E-state index contributed by atoms with van der Waals surface area (Å²) < 4.78 is 18.4. The van der Waals surface area contributed by atoms with E-state index in [2.05, 4.69) is 49.2 Å². The van der Waals surface area contributed by atoms with Crippen molar-refractivity contribution in [2.24, 2.45) is 5.10 Å². The normalized spacial score (nSPS) is 27.6. The Morgan fingerprint density at radius 3 is 2.68 bits per heavy atom. The molecule has 2 aromatic carbocycles. The summed E-state index contributed by atoms with van der Waals surface area (Å²) >= 11 is 0. The van der Waals surface area contributed by atoms with Crippen LogP contribution >= 0.6 is 0 Å². The molecule has 5 heteroatoms. The van der Waals surface area contributed by atoms with Crippen molar-refractivity contribution in [2.45, 2.75) is 50.5 Å². The van der Waals surface area contributed by atoms with E-state index in [4.69, 9.17) is 19.3 Å². The van der Waals surface area contributed by atoms with Crippen molar-refractivity contribution in [3.63, 3.8) is 0 Å². The minimum Gasteiger partial charge on any atom is -0.493 e. The van der Waals surface area contributed by atoms with Crippen LogP contribution in [0.2, 0.25) is 0 Å². The lowest BCUT2D eigenvalue weighted by molar-refractivity contribution is -0.212. The molecule has 0 amide bonds. The quantitative estimate of drug-likeness (QED) is 0.770. The van der Waals surface area contributed by atoms with E-state index in [0.29, 0.717) is 6.61 Å². The maximum Gasteiger partial charge on any atom is 0.203 e. The SMILES string of the molecule is COc1cccc2c1O[C@]1(CCOC(C)(C)C1)N1N=C(c3ccccc3)C[C@@H]21. The van der Waals surface area contributed by atoms with Crippen LogP contribution in [0.3, 0.4) is 0 Å². The second-order valence-corrected chi connectivity index (χ2v) is 8.44. The van der Waals surface area contributed by atoms with Gasteiger partial charge in [0.05, 0.1) is 31.1 Å². The van der Waals surface area contributed by atoms with E-state index in [9.17, 15) is 0 Å². The molecule has 1 fully saturated rings. The third kappa shape index (κ3) is 2.68. The van der Waals surface area contributed by atoms with Crippen LogP contribution in [0.1, 0.15) is 50.3 Å². The van der Waals surface area contributed by atoms with Gasteiger partial charge in [0.2, 0.25) is 5.72 Å². The fourth-order valence-corrected chi connectivity index (χ4v) is 4.81. The molecule has 0 N–H and O–H groups in total. The number of hydrogen-bond donors (Lipinski definition) is 0. The molecule has 146 valence electrons. The average Bonchev–Trinajstić information content (AvgIpc) is 3.14. The van der Waals surface area contributed by atoms with Gasteiger partial charge in [0.25, 0.3) is 0 Å². The number of rotatable bonds is 2. The molecule has 5 rings (SSSR count). The van der Waals surface area contributed by atoms with Gasteiger partial charge in [-0.1, -0.05) is 42.5 Å². The van der Waals surface area contributed by atoms with Crippen LogP contribution in [-0.4, -0.2) is 35.8 Å². The first-order valence-corrected chi connectivity index (χ1v) is 9.93. The van der Waals surface area contributed by atoms with E-state index < -0.39 is 5.72 Å². The van der Waals surface area contributed by atoms with Gasteiger partial charge in [0.15, 0.2) is 11.5 Å². The Morgan fingerprint density at radius 1 is 1.11 bits per heavy atom. The van der Waals surface area contributed by atoms with Crippen molar-refractivity contribution in [1.29, 1.82) is 0 Å². The third-order valence-corrected chi connectivity index (χ3v) is 6.00. The smallest absolute Gasteiger partial charge is 0.203 e. The van der Waals surface area contributed by atoms with Crippen LogP contribution in [0, 0.1) is 0 Å². The average molecular weight is 378 g/mol. The molecule has 0 aromatic heterocycles. The molecule has 5 nitrogen and oxygen atoms in total.